The van der Waals surface area contributed by atoms with Crippen LogP contribution < -0.4 is 0 Å². The number of carbonyl (C=O) groups excluding carboxylic acids is 1. The molecule has 0 amide bonds. The lowest BCUT2D eigenvalue weighted by Gasteiger charge is -2.13. The first kappa shape index (κ1) is 16.9. The second-order valence-electron chi connectivity index (χ2n) is 6.94. The van der Waals surface area contributed by atoms with E-state index >= 15 is 0 Å². The van der Waals surface area contributed by atoms with Crippen molar-refractivity contribution in [2.45, 2.75) is 6.42 Å². The number of benzene rings is 3. The lowest BCUT2D eigenvalue weighted by molar-refractivity contribution is 0.103. The van der Waals surface area contributed by atoms with Crippen molar-refractivity contribution in [1.29, 1.82) is 0 Å². The number of rotatable bonds is 4. The summed E-state index contributed by atoms with van der Waals surface area (Å²) >= 11 is 1.71. The lowest BCUT2D eigenvalue weighted by Crippen LogP contribution is -2.05. The number of allylic oxidation sites excluding steroid dienone is 1. The fourth-order valence-corrected chi connectivity index (χ4v) is 4.67. The quantitative estimate of drug-likeness (QED) is 0.371. The fraction of sp³-hybridized carbons (Fsp3) is 0.0385. The number of carbonyl (C=O) groups is 1. The topological polar surface area (TPSA) is 17.1 Å². The van der Waals surface area contributed by atoms with Crippen LogP contribution in [-0.4, -0.2) is 5.78 Å². The Bertz CT molecular complexity index is 1180. The van der Waals surface area contributed by atoms with Gasteiger partial charge in [0.1, 0.15) is 0 Å². The zero-order valence-corrected chi connectivity index (χ0v) is 16.1. The molecule has 134 valence electrons. The second kappa shape index (κ2) is 7.06. The molecule has 0 N–H and O–H groups in total. The minimum atomic E-state index is 0.0674. The minimum Gasteiger partial charge on any atom is -0.289 e. The lowest BCUT2D eigenvalue weighted by atomic mass is 9.89. The van der Waals surface area contributed by atoms with Crippen molar-refractivity contribution >= 4 is 28.3 Å². The van der Waals surface area contributed by atoms with Gasteiger partial charge in [-0.05, 0) is 56.6 Å². The Morgan fingerprint density at radius 3 is 2.25 bits per heavy atom. The summed E-state index contributed by atoms with van der Waals surface area (Å²) in [6.07, 6.45) is 0.899. The molecule has 0 aliphatic heterocycles. The van der Waals surface area contributed by atoms with Crippen LogP contribution in [0.2, 0.25) is 0 Å². The molecule has 0 spiro atoms. The van der Waals surface area contributed by atoms with Crippen LogP contribution in [0.5, 0.6) is 0 Å². The summed E-state index contributed by atoms with van der Waals surface area (Å²) in [5, 5.41) is 4.31. The van der Waals surface area contributed by atoms with Crippen LogP contribution in [0.3, 0.4) is 0 Å². The minimum absolute atomic E-state index is 0.0674. The van der Waals surface area contributed by atoms with Gasteiger partial charge in [0.2, 0.25) is 0 Å². The maximum atomic E-state index is 13.3. The van der Waals surface area contributed by atoms with E-state index in [4.69, 9.17) is 0 Å². The standard InChI is InChI=1S/C26H18OS/c27-26(18-8-2-1-3-9-18)23-13-7-6-12-22(23)25-21-11-5-4-10-19(21)16-24(25)20-14-15-28-17-20/h1-15,17H,16H2. The van der Waals surface area contributed by atoms with Crippen LogP contribution in [0.1, 0.15) is 38.2 Å². The van der Waals surface area contributed by atoms with E-state index in [-0.39, 0.29) is 5.78 Å². The third-order valence-electron chi connectivity index (χ3n) is 5.30. The first-order valence-electron chi connectivity index (χ1n) is 9.36. The van der Waals surface area contributed by atoms with Gasteiger partial charge in [0.15, 0.2) is 5.78 Å². The maximum absolute atomic E-state index is 13.3. The predicted molar refractivity (Wildman–Crippen MR) is 117 cm³/mol. The molecule has 0 radical (unpaired) electrons. The second-order valence-corrected chi connectivity index (χ2v) is 7.72. The number of thiophene rings is 1. The van der Waals surface area contributed by atoms with Gasteiger partial charge in [0.05, 0.1) is 0 Å². The Morgan fingerprint density at radius 2 is 1.46 bits per heavy atom. The molecule has 4 aromatic rings. The summed E-state index contributed by atoms with van der Waals surface area (Å²) in [4.78, 5) is 13.3. The number of hydrogen-bond acceptors (Lipinski definition) is 2. The Labute approximate surface area is 168 Å². The highest BCUT2D eigenvalue weighted by atomic mass is 32.1. The Kier molecular flexibility index (Phi) is 4.27. The highest BCUT2D eigenvalue weighted by molar-refractivity contribution is 7.08. The van der Waals surface area contributed by atoms with E-state index in [0.29, 0.717) is 0 Å². The highest BCUT2D eigenvalue weighted by Crippen LogP contribution is 2.43. The molecule has 1 aliphatic rings. The predicted octanol–water partition coefficient (Wildman–Crippen LogP) is 6.49. The summed E-state index contributed by atoms with van der Waals surface area (Å²) in [7, 11) is 0. The maximum Gasteiger partial charge on any atom is 0.193 e. The van der Waals surface area contributed by atoms with Crippen LogP contribution in [0, 0.1) is 0 Å². The Hall–Kier alpha value is -3.23. The largest absolute Gasteiger partial charge is 0.289 e. The monoisotopic (exact) mass is 378 g/mol. The fourth-order valence-electron chi connectivity index (χ4n) is 3.99. The van der Waals surface area contributed by atoms with Crippen molar-refractivity contribution in [2.75, 3.05) is 0 Å². The highest BCUT2D eigenvalue weighted by Gasteiger charge is 2.26. The molecule has 0 unspecified atom stereocenters. The van der Waals surface area contributed by atoms with Gasteiger partial charge in [-0.1, -0.05) is 78.9 Å². The van der Waals surface area contributed by atoms with E-state index in [1.54, 1.807) is 11.3 Å². The van der Waals surface area contributed by atoms with Crippen LogP contribution in [0.25, 0.3) is 11.1 Å². The third kappa shape index (κ3) is 2.83. The summed E-state index contributed by atoms with van der Waals surface area (Å²) in [5.74, 6) is 0.0674. The van der Waals surface area contributed by atoms with Gasteiger partial charge < -0.3 is 0 Å². The van der Waals surface area contributed by atoms with E-state index in [1.165, 1.54) is 27.8 Å². The smallest absolute Gasteiger partial charge is 0.193 e. The molecule has 28 heavy (non-hydrogen) atoms. The zero-order valence-electron chi connectivity index (χ0n) is 15.3. The van der Waals surface area contributed by atoms with E-state index in [2.05, 4.69) is 47.2 Å². The van der Waals surface area contributed by atoms with Crippen molar-refractivity contribution in [3.8, 4) is 0 Å². The SMILES string of the molecule is O=C(c1ccccc1)c1ccccc1C1=C(c2ccsc2)Cc2ccccc21. The first-order chi connectivity index (χ1) is 13.8. The molecule has 1 nitrogen and oxygen atoms in total. The normalized spacial score (nSPS) is 12.9. The van der Waals surface area contributed by atoms with Gasteiger partial charge in [0.25, 0.3) is 0 Å². The van der Waals surface area contributed by atoms with E-state index in [9.17, 15) is 4.79 Å². The molecule has 1 aromatic heterocycles. The Balaban J connectivity index is 1.74. The van der Waals surface area contributed by atoms with Gasteiger partial charge in [-0.3, -0.25) is 4.79 Å². The molecular weight excluding hydrogens is 360 g/mol. The van der Waals surface area contributed by atoms with Crippen molar-refractivity contribution in [3.05, 3.63) is 129 Å². The van der Waals surface area contributed by atoms with E-state index in [0.717, 1.165) is 23.1 Å². The van der Waals surface area contributed by atoms with Crippen molar-refractivity contribution in [2.24, 2.45) is 0 Å². The molecule has 0 bridgehead atoms. The van der Waals surface area contributed by atoms with Crippen LogP contribution in [0.15, 0.2) is 95.7 Å². The Morgan fingerprint density at radius 1 is 0.750 bits per heavy atom. The summed E-state index contributed by atoms with van der Waals surface area (Å²) < 4.78 is 0. The van der Waals surface area contributed by atoms with Crippen LogP contribution in [-0.2, 0) is 6.42 Å². The molecule has 0 atom stereocenters. The molecule has 3 aromatic carbocycles. The van der Waals surface area contributed by atoms with Gasteiger partial charge >= 0.3 is 0 Å². The van der Waals surface area contributed by atoms with Gasteiger partial charge in [-0.25, -0.2) is 0 Å². The van der Waals surface area contributed by atoms with Gasteiger partial charge in [0, 0.05) is 11.1 Å². The molecule has 0 saturated carbocycles. The average Bonchev–Trinajstić information content (AvgIpc) is 3.41. The molecule has 0 fully saturated rings. The molecule has 2 heteroatoms. The van der Waals surface area contributed by atoms with Crippen molar-refractivity contribution < 1.29 is 4.79 Å². The molecule has 1 aliphatic carbocycles. The average molecular weight is 378 g/mol. The summed E-state index contributed by atoms with van der Waals surface area (Å²) in [6, 6.07) is 28.3. The molecular formula is C26H18OS. The molecule has 5 rings (SSSR count). The zero-order chi connectivity index (χ0) is 18.9. The van der Waals surface area contributed by atoms with Gasteiger partial charge in [-0.15, -0.1) is 0 Å². The number of fused-ring (bicyclic) bond motifs is 1. The number of hydrogen-bond donors (Lipinski definition) is 0. The summed E-state index contributed by atoms with van der Waals surface area (Å²) in [5.41, 5.74) is 8.79. The molecule has 1 heterocycles. The third-order valence-corrected chi connectivity index (χ3v) is 5.99. The first-order valence-corrected chi connectivity index (χ1v) is 10.3. The van der Waals surface area contributed by atoms with Crippen molar-refractivity contribution in [3.63, 3.8) is 0 Å². The summed E-state index contributed by atoms with van der Waals surface area (Å²) in [6.45, 7) is 0. The van der Waals surface area contributed by atoms with Crippen molar-refractivity contribution in [1.82, 2.24) is 0 Å². The van der Waals surface area contributed by atoms with E-state index < -0.39 is 0 Å². The van der Waals surface area contributed by atoms with Crippen LogP contribution in [0.4, 0.5) is 0 Å². The van der Waals surface area contributed by atoms with Gasteiger partial charge in [-0.2, -0.15) is 11.3 Å². The molecule has 0 saturated heterocycles. The van der Waals surface area contributed by atoms with E-state index in [1.807, 2.05) is 48.5 Å². The van der Waals surface area contributed by atoms with Crippen LogP contribution >= 0.6 is 11.3 Å². The number of ketones is 1.